The Morgan fingerprint density at radius 1 is 1.27 bits per heavy atom. The summed E-state index contributed by atoms with van der Waals surface area (Å²) in [5.74, 6) is 0.528. The lowest BCUT2D eigenvalue weighted by atomic mass is 9.86. The lowest BCUT2D eigenvalue weighted by Gasteiger charge is -2.36. The van der Waals surface area contributed by atoms with Crippen LogP contribution in [-0.2, 0) is 0 Å². The maximum atomic E-state index is 12.8. The Labute approximate surface area is 176 Å². The topological polar surface area (TPSA) is 131 Å². The molecule has 9 heteroatoms. The Morgan fingerprint density at radius 2 is 1.93 bits per heavy atom. The number of carbonyl (C=O) groups excluding carboxylic acids is 1. The van der Waals surface area contributed by atoms with Gasteiger partial charge in [0.25, 0.3) is 11.6 Å². The average molecular weight is 421 g/mol. The van der Waals surface area contributed by atoms with Crippen LogP contribution in [0, 0.1) is 16.0 Å². The largest absolute Gasteiger partial charge is 0.493 e. The Balaban J connectivity index is 1.56. The first-order valence-electron chi connectivity index (χ1n) is 10.8. The predicted molar refractivity (Wildman–Crippen MR) is 114 cm³/mol. The number of likely N-dealkylation sites (tertiary alicyclic amines) is 1. The number of anilines is 1. The van der Waals surface area contributed by atoms with E-state index >= 15 is 0 Å². The lowest BCUT2D eigenvalue weighted by molar-refractivity contribution is -0.383. The molecule has 1 aromatic rings. The molecule has 3 rings (SSSR count). The number of nitro benzene ring substituents is 1. The molecule has 9 nitrogen and oxygen atoms in total. The van der Waals surface area contributed by atoms with Crippen molar-refractivity contribution < 1.29 is 19.6 Å². The summed E-state index contributed by atoms with van der Waals surface area (Å²) in [5.41, 5.74) is 5.55. The highest BCUT2D eigenvalue weighted by atomic mass is 16.6. The van der Waals surface area contributed by atoms with E-state index in [1.54, 1.807) is 6.92 Å². The van der Waals surface area contributed by atoms with Gasteiger partial charge in [0.1, 0.15) is 11.4 Å². The summed E-state index contributed by atoms with van der Waals surface area (Å²) < 4.78 is 5.48. The minimum absolute atomic E-state index is 0.0213. The second kappa shape index (κ2) is 10.1. The van der Waals surface area contributed by atoms with Crippen LogP contribution in [0.1, 0.15) is 55.8 Å². The zero-order chi connectivity index (χ0) is 21.7. The van der Waals surface area contributed by atoms with Crippen molar-refractivity contribution >= 4 is 17.3 Å². The van der Waals surface area contributed by atoms with Crippen LogP contribution >= 0.6 is 0 Å². The maximum absolute atomic E-state index is 12.8. The van der Waals surface area contributed by atoms with Gasteiger partial charge in [-0.15, -0.1) is 0 Å². The molecule has 2 aliphatic rings. The van der Waals surface area contributed by atoms with E-state index < -0.39 is 4.92 Å². The quantitative estimate of drug-likeness (QED) is 0.350. The van der Waals surface area contributed by atoms with Gasteiger partial charge in [-0.25, -0.2) is 0 Å². The zero-order valence-electron chi connectivity index (χ0n) is 17.5. The number of ether oxygens (including phenoxy) is 1. The molecule has 30 heavy (non-hydrogen) atoms. The van der Waals surface area contributed by atoms with E-state index in [0.29, 0.717) is 12.5 Å². The molecule has 0 bridgehead atoms. The second-order valence-electron chi connectivity index (χ2n) is 8.32. The van der Waals surface area contributed by atoms with Crippen molar-refractivity contribution in [3.63, 3.8) is 0 Å². The van der Waals surface area contributed by atoms with Gasteiger partial charge in [-0.2, -0.15) is 0 Å². The summed E-state index contributed by atoms with van der Waals surface area (Å²) >= 11 is 0. The molecular weight excluding hydrogens is 388 g/mol. The van der Waals surface area contributed by atoms with Gasteiger partial charge in [0.2, 0.25) is 0 Å². The highest BCUT2D eigenvalue weighted by molar-refractivity contribution is 5.98. The van der Waals surface area contributed by atoms with Gasteiger partial charge in [0.05, 0.1) is 23.2 Å². The summed E-state index contributed by atoms with van der Waals surface area (Å²) in [7, 11) is 0. The van der Waals surface area contributed by atoms with Gasteiger partial charge >= 0.3 is 0 Å². The Morgan fingerprint density at radius 3 is 2.53 bits per heavy atom. The first kappa shape index (κ1) is 22.3. The first-order valence-corrected chi connectivity index (χ1v) is 10.8. The molecule has 1 heterocycles. The van der Waals surface area contributed by atoms with E-state index in [2.05, 4.69) is 10.2 Å². The van der Waals surface area contributed by atoms with Gasteiger partial charge in [-0.1, -0.05) is 0 Å². The summed E-state index contributed by atoms with van der Waals surface area (Å²) in [6.45, 7) is 4.97. The number of aliphatic hydroxyl groups is 1. The third kappa shape index (κ3) is 5.60. The van der Waals surface area contributed by atoms with E-state index in [1.807, 2.05) is 0 Å². The van der Waals surface area contributed by atoms with Crippen LogP contribution in [0.4, 0.5) is 11.4 Å². The molecule has 0 aromatic heterocycles. The third-order valence-corrected chi connectivity index (χ3v) is 6.13. The lowest BCUT2D eigenvalue weighted by Crippen LogP contribution is -2.46. The number of aliphatic hydroxyl groups excluding tert-OH is 1. The monoisotopic (exact) mass is 420 g/mol. The third-order valence-electron chi connectivity index (χ3n) is 6.13. The van der Waals surface area contributed by atoms with Crippen LogP contribution < -0.4 is 15.8 Å². The maximum Gasteiger partial charge on any atom is 0.293 e. The van der Waals surface area contributed by atoms with Crippen molar-refractivity contribution in [2.45, 2.75) is 57.6 Å². The molecule has 0 unspecified atom stereocenters. The number of carbonyl (C=O) groups is 1. The molecule has 2 fully saturated rings. The first-order chi connectivity index (χ1) is 14.4. The normalized spacial score (nSPS) is 23.1. The Bertz CT molecular complexity index is 756. The molecule has 1 saturated carbocycles. The molecule has 0 spiro atoms. The minimum atomic E-state index is -0.593. The summed E-state index contributed by atoms with van der Waals surface area (Å²) in [6, 6.07) is 2.57. The smallest absolute Gasteiger partial charge is 0.293 e. The Kier molecular flexibility index (Phi) is 7.49. The van der Waals surface area contributed by atoms with E-state index in [1.165, 1.54) is 12.1 Å². The standard InChI is InChI=1S/C21H32N4O5/c1-2-30-20-12-18(22)19(25(28)29)11-17(20)21(27)23-15-7-9-24(10-8-15)13-14-3-5-16(26)6-4-14/h11-12,14-16,26H,2-10,13,22H2,1H3,(H,23,27). The molecule has 1 aromatic carbocycles. The van der Waals surface area contributed by atoms with E-state index in [4.69, 9.17) is 10.5 Å². The van der Waals surface area contributed by atoms with Crippen LogP contribution in [0.3, 0.4) is 0 Å². The van der Waals surface area contributed by atoms with Gasteiger partial charge < -0.3 is 25.8 Å². The molecule has 1 aliphatic heterocycles. The summed E-state index contributed by atoms with van der Waals surface area (Å²) in [4.78, 5) is 25.9. The second-order valence-corrected chi connectivity index (χ2v) is 8.32. The number of hydrogen-bond acceptors (Lipinski definition) is 7. The van der Waals surface area contributed by atoms with Crippen molar-refractivity contribution in [3.05, 3.63) is 27.8 Å². The molecule has 1 saturated heterocycles. The van der Waals surface area contributed by atoms with Crippen molar-refractivity contribution in [2.24, 2.45) is 5.92 Å². The van der Waals surface area contributed by atoms with Crippen molar-refractivity contribution in [1.82, 2.24) is 10.2 Å². The summed E-state index contributed by atoms with van der Waals surface area (Å²) in [5, 5.41) is 23.9. The number of nitrogens with zero attached hydrogens (tertiary/aromatic N) is 2. The Hall–Kier alpha value is -2.39. The van der Waals surface area contributed by atoms with Gasteiger partial charge in [-0.05, 0) is 51.4 Å². The van der Waals surface area contributed by atoms with Gasteiger partial charge in [0.15, 0.2) is 0 Å². The van der Waals surface area contributed by atoms with Crippen LogP contribution in [0.5, 0.6) is 5.75 Å². The zero-order valence-corrected chi connectivity index (χ0v) is 17.5. The number of nitrogens with two attached hydrogens (primary N) is 1. The SMILES string of the molecule is CCOc1cc(N)c([N+](=O)[O-])cc1C(=O)NC1CCN(CC2CCC(O)CC2)CC1. The minimum Gasteiger partial charge on any atom is -0.493 e. The highest BCUT2D eigenvalue weighted by Crippen LogP contribution is 2.31. The van der Waals surface area contributed by atoms with Crippen LogP contribution in [0.2, 0.25) is 0 Å². The van der Waals surface area contributed by atoms with Crippen LogP contribution in [0.15, 0.2) is 12.1 Å². The van der Waals surface area contributed by atoms with Gasteiger partial charge in [-0.3, -0.25) is 14.9 Å². The van der Waals surface area contributed by atoms with E-state index in [9.17, 15) is 20.0 Å². The van der Waals surface area contributed by atoms with Crippen LogP contribution in [-0.4, -0.2) is 59.2 Å². The van der Waals surface area contributed by atoms with E-state index in [-0.39, 0.29) is 40.7 Å². The fourth-order valence-corrected chi connectivity index (χ4v) is 4.41. The number of nitro groups is 1. The molecule has 1 aliphatic carbocycles. The average Bonchev–Trinajstić information content (AvgIpc) is 2.71. The fourth-order valence-electron chi connectivity index (χ4n) is 4.41. The number of benzene rings is 1. The summed E-state index contributed by atoms with van der Waals surface area (Å²) in [6.07, 6.45) is 5.49. The van der Waals surface area contributed by atoms with E-state index in [0.717, 1.165) is 58.2 Å². The number of piperidine rings is 1. The van der Waals surface area contributed by atoms with Crippen LogP contribution in [0.25, 0.3) is 0 Å². The molecule has 4 N–H and O–H groups in total. The number of nitrogens with one attached hydrogen (secondary N) is 1. The number of amides is 1. The highest BCUT2D eigenvalue weighted by Gasteiger charge is 2.27. The predicted octanol–water partition coefficient (Wildman–Crippen LogP) is 2.32. The molecule has 0 radical (unpaired) electrons. The number of hydrogen-bond donors (Lipinski definition) is 3. The molecule has 1 amide bonds. The van der Waals surface area contributed by atoms with Crippen molar-refractivity contribution in [2.75, 3.05) is 32.0 Å². The van der Waals surface area contributed by atoms with Gasteiger partial charge in [0, 0.05) is 37.8 Å². The molecule has 0 atom stereocenters. The van der Waals surface area contributed by atoms with Crippen molar-refractivity contribution in [1.29, 1.82) is 0 Å². The number of nitrogen functional groups attached to an aromatic ring is 1. The van der Waals surface area contributed by atoms with Crippen molar-refractivity contribution in [3.8, 4) is 5.75 Å². The fraction of sp³-hybridized carbons (Fsp3) is 0.667. The molecule has 166 valence electrons. The molecular formula is C21H32N4O5. The number of rotatable bonds is 7.